The number of aryl methyl sites for hydroxylation is 1. The summed E-state index contributed by atoms with van der Waals surface area (Å²) in [6, 6.07) is 16.5. The second kappa shape index (κ2) is 9.28. The van der Waals surface area contributed by atoms with Crippen molar-refractivity contribution in [2.75, 3.05) is 11.9 Å². The highest BCUT2D eigenvalue weighted by atomic mass is 16.5. The summed E-state index contributed by atoms with van der Waals surface area (Å²) in [7, 11) is 0. The SMILES string of the molecule is Cc1cc(C(=O)OCC(=O)Nc2c(C#N)cnn2-c2ccccc2)c(C)n1Cc1ccco1. The van der Waals surface area contributed by atoms with Crippen LogP contribution in [0.15, 0.2) is 65.4 Å². The third-order valence-electron chi connectivity index (χ3n) is 5.17. The van der Waals surface area contributed by atoms with Crippen molar-refractivity contribution in [2.45, 2.75) is 20.4 Å². The van der Waals surface area contributed by atoms with Crippen LogP contribution >= 0.6 is 0 Å². The summed E-state index contributed by atoms with van der Waals surface area (Å²) in [5.74, 6) is -0.219. The van der Waals surface area contributed by atoms with Crippen molar-refractivity contribution in [3.63, 3.8) is 0 Å². The van der Waals surface area contributed by atoms with E-state index in [1.54, 1.807) is 30.5 Å². The number of anilines is 1. The average Bonchev–Trinajstić information content (AvgIpc) is 3.54. The Kier molecular flexibility index (Phi) is 6.09. The molecule has 3 aromatic heterocycles. The minimum atomic E-state index is -0.610. The van der Waals surface area contributed by atoms with Gasteiger partial charge in [-0.3, -0.25) is 4.79 Å². The fourth-order valence-corrected chi connectivity index (χ4v) is 3.50. The molecule has 0 unspecified atom stereocenters. The largest absolute Gasteiger partial charge is 0.467 e. The first-order valence-electron chi connectivity index (χ1n) is 10.2. The lowest BCUT2D eigenvalue weighted by atomic mass is 10.2. The molecule has 1 amide bonds. The van der Waals surface area contributed by atoms with Crippen LogP contribution in [-0.4, -0.2) is 32.8 Å². The van der Waals surface area contributed by atoms with Crippen LogP contribution in [0.3, 0.4) is 0 Å². The van der Waals surface area contributed by atoms with Crippen molar-refractivity contribution in [3.8, 4) is 11.8 Å². The van der Waals surface area contributed by atoms with Gasteiger partial charge in [-0.1, -0.05) is 18.2 Å². The summed E-state index contributed by atoms with van der Waals surface area (Å²) in [5, 5.41) is 16.1. The number of benzene rings is 1. The molecule has 0 aliphatic carbocycles. The molecule has 0 saturated carbocycles. The molecular weight excluding hydrogens is 422 g/mol. The minimum Gasteiger partial charge on any atom is -0.467 e. The van der Waals surface area contributed by atoms with Gasteiger partial charge in [-0.25, -0.2) is 9.48 Å². The van der Waals surface area contributed by atoms with Gasteiger partial charge in [0, 0.05) is 11.4 Å². The van der Waals surface area contributed by atoms with E-state index in [4.69, 9.17) is 9.15 Å². The second-order valence-corrected chi connectivity index (χ2v) is 7.34. The molecule has 0 fully saturated rings. The predicted molar refractivity (Wildman–Crippen MR) is 119 cm³/mol. The van der Waals surface area contributed by atoms with E-state index in [2.05, 4.69) is 10.4 Å². The number of para-hydroxylation sites is 1. The van der Waals surface area contributed by atoms with Gasteiger partial charge in [0.25, 0.3) is 5.91 Å². The average molecular weight is 443 g/mol. The number of furan rings is 1. The molecule has 166 valence electrons. The van der Waals surface area contributed by atoms with Crippen molar-refractivity contribution < 1.29 is 18.7 Å². The zero-order valence-electron chi connectivity index (χ0n) is 18.1. The number of nitriles is 1. The molecule has 0 aliphatic heterocycles. The number of carbonyl (C=O) groups excluding carboxylic acids is 2. The van der Waals surface area contributed by atoms with Crippen molar-refractivity contribution in [1.29, 1.82) is 5.26 Å². The number of hydrogen-bond acceptors (Lipinski definition) is 6. The van der Waals surface area contributed by atoms with Crippen LogP contribution in [0.5, 0.6) is 0 Å². The highest BCUT2D eigenvalue weighted by molar-refractivity contribution is 5.96. The predicted octanol–water partition coefficient (Wildman–Crippen LogP) is 3.60. The zero-order valence-corrected chi connectivity index (χ0v) is 18.1. The highest BCUT2D eigenvalue weighted by Gasteiger charge is 2.20. The van der Waals surface area contributed by atoms with Crippen LogP contribution < -0.4 is 5.32 Å². The first-order valence-corrected chi connectivity index (χ1v) is 10.2. The summed E-state index contributed by atoms with van der Waals surface area (Å²) in [6.07, 6.45) is 2.96. The van der Waals surface area contributed by atoms with Gasteiger partial charge < -0.3 is 19.0 Å². The van der Waals surface area contributed by atoms with Crippen LogP contribution in [0, 0.1) is 25.2 Å². The Hall–Kier alpha value is -4.58. The van der Waals surface area contributed by atoms with Crippen LogP contribution in [0.4, 0.5) is 5.82 Å². The molecule has 4 aromatic rings. The van der Waals surface area contributed by atoms with Gasteiger partial charge in [0.1, 0.15) is 17.4 Å². The molecule has 0 bridgehead atoms. The van der Waals surface area contributed by atoms with Gasteiger partial charge in [-0.15, -0.1) is 0 Å². The third kappa shape index (κ3) is 4.55. The molecule has 1 aromatic carbocycles. The van der Waals surface area contributed by atoms with Crippen LogP contribution in [-0.2, 0) is 16.1 Å². The van der Waals surface area contributed by atoms with Gasteiger partial charge in [0.15, 0.2) is 12.4 Å². The van der Waals surface area contributed by atoms with E-state index in [-0.39, 0.29) is 11.4 Å². The molecule has 3 heterocycles. The van der Waals surface area contributed by atoms with E-state index < -0.39 is 18.5 Å². The molecule has 4 rings (SSSR count). The Labute approximate surface area is 189 Å². The van der Waals surface area contributed by atoms with Crippen LogP contribution in [0.1, 0.15) is 33.1 Å². The fraction of sp³-hybridized carbons (Fsp3) is 0.167. The Balaban J connectivity index is 1.44. The second-order valence-electron chi connectivity index (χ2n) is 7.34. The van der Waals surface area contributed by atoms with Gasteiger partial charge in [-0.2, -0.15) is 10.4 Å². The van der Waals surface area contributed by atoms with E-state index in [1.807, 2.05) is 48.7 Å². The molecule has 1 N–H and O–H groups in total. The van der Waals surface area contributed by atoms with Gasteiger partial charge in [0.05, 0.1) is 30.3 Å². The fourth-order valence-electron chi connectivity index (χ4n) is 3.50. The monoisotopic (exact) mass is 443 g/mol. The van der Waals surface area contributed by atoms with Crippen molar-refractivity contribution >= 4 is 17.7 Å². The Bertz CT molecular complexity index is 1330. The number of amides is 1. The third-order valence-corrected chi connectivity index (χ3v) is 5.17. The maximum Gasteiger partial charge on any atom is 0.340 e. The Morgan fingerprint density at radius 2 is 1.97 bits per heavy atom. The summed E-state index contributed by atoms with van der Waals surface area (Å²) in [4.78, 5) is 25.2. The maximum atomic E-state index is 12.6. The number of aromatic nitrogens is 3. The molecular formula is C24H21N5O4. The molecule has 0 radical (unpaired) electrons. The molecule has 9 heteroatoms. The first-order chi connectivity index (χ1) is 16.0. The summed E-state index contributed by atoms with van der Waals surface area (Å²) < 4.78 is 14.0. The lowest BCUT2D eigenvalue weighted by molar-refractivity contribution is -0.119. The van der Waals surface area contributed by atoms with Crippen LogP contribution in [0.25, 0.3) is 5.69 Å². The van der Waals surface area contributed by atoms with E-state index in [0.717, 1.165) is 11.5 Å². The van der Waals surface area contributed by atoms with E-state index in [1.165, 1.54) is 10.9 Å². The van der Waals surface area contributed by atoms with E-state index in [0.29, 0.717) is 23.5 Å². The van der Waals surface area contributed by atoms with Crippen molar-refractivity contribution in [3.05, 3.63) is 89.3 Å². The highest BCUT2D eigenvalue weighted by Crippen LogP contribution is 2.20. The van der Waals surface area contributed by atoms with Crippen molar-refractivity contribution in [1.82, 2.24) is 14.3 Å². The number of nitrogens with zero attached hydrogens (tertiary/aromatic N) is 4. The summed E-state index contributed by atoms with van der Waals surface area (Å²) >= 11 is 0. The summed E-state index contributed by atoms with van der Waals surface area (Å²) in [5.41, 5.74) is 2.82. The zero-order chi connectivity index (χ0) is 23.4. The molecule has 0 atom stereocenters. The first kappa shape index (κ1) is 21.6. The Morgan fingerprint density at radius 1 is 1.18 bits per heavy atom. The van der Waals surface area contributed by atoms with E-state index in [9.17, 15) is 14.9 Å². The quantitative estimate of drug-likeness (QED) is 0.437. The number of carbonyl (C=O) groups is 2. The molecule has 0 saturated heterocycles. The number of rotatable bonds is 7. The number of esters is 1. The molecule has 33 heavy (non-hydrogen) atoms. The van der Waals surface area contributed by atoms with Crippen molar-refractivity contribution in [2.24, 2.45) is 0 Å². The maximum absolute atomic E-state index is 12.6. The lowest BCUT2D eigenvalue weighted by Gasteiger charge is -2.10. The normalized spacial score (nSPS) is 10.6. The number of hydrogen-bond donors (Lipinski definition) is 1. The van der Waals surface area contributed by atoms with Crippen LogP contribution in [0.2, 0.25) is 0 Å². The Morgan fingerprint density at radius 3 is 2.67 bits per heavy atom. The van der Waals surface area contributed by atoms with Gasteiger partial charge >= 0.3 is 5.97 Å². The molecule has 0 aliphatic rings. The standard InChI is InChI=1S/C24H21N5O4/c1-16-11-21(17(2)28(16)14-20-9-6-10-32-20)24(31)33-15-22(30)27-23-18(12-25)13-26-29(23)19-7-4-3-5-8-19/h3-11,13H,14-15H2,1-2H3,(H,27,30). The topological polar surface area (TPSA) is 115 Å². The lowest BCUT2D eigenvalue weighted by Crippen LogP contribution is -2.23. The minimum absolute atomic E-state index is 0.194. The molecule has 9 nitrogen and oxygen atoms in total. The number of ether oxygens (including phenoxy) is 1. The van der Waals surface area contributed by atoms with Gasteiger partial charge in [-0.05, 0) is 44.2 Å². The smallest absolute Gasteiger partial charge is 0.340 e. The summed E-state index contributed by atoms with van der Waals surface area (Å²) in [6.45, 7) is 3.67. The molecule has 0 spiro atoms. The van der Waals surface area contributed by atoms with Gasteiger partial charge in [0.2, 0.25) is 0 Å². The number of nitrogens with one attached hydrogen (secondary N) is 1. The van der Waals surface area contributed by atoms with E-state index >= 15 is 0 Å².